The molecule has 3 rings (SSSR count). The number of terminal acetylenes is 1. The minimum atomic E-state index is -1.35. The van der Waals surface area contributed by atoms with Gasteiger partial charge in [0.2, 0.25) is 11.8 Å². The van der Waals surface area contributed by atoms with E-state index >= 15 is 0 Å². The van der Waals surface area contributed by atoms with Crippen molar-refractivity contribution >= 4 is 40.3 Å². The zero-order valence-corrected chi connectivity index (χ0v) is 25.9. The molecule has 3 aromatic carbocycles. The van der Waals surface area contributed by atoms with Gasteiger partial charge in [-0.3, -0.25) is 14.4 Å². The largest absolute Gasteiger partial charge is 0.444 e. The van der Waals surface area contributed by atoms with E-state index in [2.05, 4.69) is 23.5 Å². The van der Waals surface area contributed by atoms with E-state index in [4.69, 9.17) is 16.9 Å². The van der Waals surface area contributed by atoms with E-state index in [0.717, 1.165) is 30.0 Å². The van der Waals surface area contributed by atoms with Crippen LogP contribution in [0, 0.1) is 12.3 Å². The van der Waals surface area contributed by atoms with Crippen molar-refractivity contribution in [3.8, 4) is 12.3 Å². The summed E-state index contributed by atoms with van der Waals surface area (Å²) in [6.07, 6.45) is 7.54. The fraction of sp³-hybridized carbons (Fsp3) is 0.371. The molecule has 0 bridgehead atoms. The lowest BCUT2D eigenvalue weighted by Gasteiger charge is -2.34. The van der Waals surface area contributed by atoms with Crippen LogP contribution in [0.2, 0.25) is 0 Å². The van der Waals surface area contributed by atoms with E-state index in [1.165, 1.54) is 4.90 Å². The predicted molar refractivity (Wildman–Crippen MR) is 173 cm³/mol. The normalized spacial score (nSPS) is 12.4. The number of nitrogens with two attached hydrogens (primary N) is 1. The number of carbonyl (C=O) groups is 4. The van der Waals surface area contributed by atoms with Crippen molar-refractivity contribution < 1.29 is 23.9 Å². The summed E-state index contributed by atoms with van der Waals surface area (Å²) in [4.78, 5) is 54.6. The van der Waals surface area contributed by atoms with E-state index in [1.54, 1.807) is 51.1 Å². The van der Waals surface area contributed by atoms with Gasteiger partial charge in [0.05, 0.1) is 6.42 Å². The van der Waals surface area contributed by atoms with Gasteiger partial charge in [-0.15, -0.1) is 6.42 Å². The average Bonchev–Trinajstić information content (AvgIpc) is 2.97. The van der Waals surface area contributed by atoms with Crippen LogP contribution in [0.4, 0.5) is 10.5 Å². The van der Waals surface area contributed by atoms with Gasteiger partial charge in [-0.2, -0.15) is 0 Å². The molecule has 0 heterocycles. The Morgan fingerprint density at radius 2 is 1.64 bits per heavy atom. The molecule has 2 unspecified atom stereocenters. The zero-order valence-electron chi connectivity index (χ0n) is 25.9. The third-order valence-electron chi connectivity index (χ3n) is 6.90. The van der Waals surface area contributed by atoms with Crippen LogP contribution in [0.25, 0.3) is 10.8 Å². The van der Waals surface area contributed by atoms with Gasteiger partial charge >= 0.3 is 6.09 Å². The van der Waals surface area contributed by atoms with Crippen molar-refractivity contribution in [1.29, 1.82) is 0 Å². The molecular weight excluding hydrogens is 556 g/mol. The topological polar surface area (TPSA) is 131 Å². The molecule has 9 heteroatoms. The molecule has 0 aliphatic carbocycles. The molecule has 3 aromatic rings. The Balaban J connectivity index is 2.05. The van der Waals surface area contributed by atoms with E-state index < -0.39 is 47.9 Å². The number of rotatable bonds is 13. The Morgan fingerprint density at radius 1 is 0.955 bits per heavy atom. The fourth-order valence-corrected chi connectivity index (χ4v) is 4.84. The number of unbranched alkanes of at least 4 members (excludes halogenated alkanes) is 3. The first kappa shape index (κ1) is 33.7. The minimum Gasteiger partial charge on any atom is -0.444 e. The van der Waals surface area contributed by atoms with Gasteiger partial charge in [-0.25, -0.2) is 4.79 Å². The monoisotopic (exact) mass is 598 g/mol. The molecule has 2 atom stereocenters. The van der Waals surface area contributed by atoms with Crippen LogP contribution in [0.3, 0.4) is 0 Å². The van der Waals surface area contributed by atoms with E-state index in [1.807, 2.05) is 36.4 Å². The Bertz CT molecular complexity index is 1500. The number of primary amides is 1. The molecule has 0 radical (unpaired) electrons. The Kier molecular flexibility index (Phi) is 11.9. The molecule has 0 aliphatic heterocycles. The first-order chi connectivity index (χ1) is 20.9. The molecule has 9 nitrogen and oxygen atoms in total. The number of fused-ring (bicyclic) bond motifs is 1. The minimum absolute atomic E-state index is 0.191. The molecule has 4 N–H and O–H groups in total. The lowest BCUT2D eigenvalue weighted by atomic mass is 9.99. The van der Waals surface area contributed by atoms with Gasteiger partial charge < -0.3 is 26.0 Å². The van der Waals surface area contributed by atoms with Crippen molar-refractivity contribution in [2.75, 3.05) is 11.9 Å². The first-order valence-corrected chi connectivity index (χ1v) is 14.9. The number of nitrogens with zero attached hydrogens (tertiary/aromatic N) is 1. The maximum atomic E-state index is 14.2. The van der Waals surface area contributed by atoms with Crippen LogP contribution in [-0.2, 0) is 19.1 Å². The molecule has 0 aromatic heterocycles. The number of alkyl carbamates (subject to hydrolysis) is 1. The van der Waals surface area contributed by atoms with Crippen molar-refractivity contribution in [3.63, 3.8) is 0 Å². The quantitative estimate of drug-likeness (QED) is 0.172. The number of hydrogen-bond donors (Lipinski definition) is 3. The van der Waals surface area contributed by atoms with Crippen LogP contribution in [0.5, 0.6) is 0 Å². The van der Waals surface area contributed by atoms with Crippen LogP contribution in [0.1, 0.15) is 77.0 Å². The fourth-order valence-electron chi connectivity index (χ4n) is 4.84. The highest BCUT2D eigenvalue weighted by atomic mass is 16.6. The summed E-state index contributed by atoms with van der Waals surface area (Å²) in [5, 5.41) is 7.44. The van der Waals surface area contributed by atoms with Gasteiger partial charge in [0, 0.05) is 17.8 Å². The lowest BCUT2D eigenvalue weighted by molar-refractivity contribution is -0.142. The third kappa shape index (κ3) is 9.87. The summed E-state index contributed by atoms with van der Waals surface area (Å²) in [6.45, 7) is 7.32. The number of ether oxygens (including phenoxy) is 1. The number of nitrogens with one attached hydrogen (secondary N) is 2. The highest BCUT2D eigenvalue weighted by molar-refractivity contribution is 6.01. The Labute approximate surface area is 259 Å². The van der Waals surface area contributed by atoms with Gasteiger partial charge in [0.15, 0.2) is 0 Å². The van der Waals surface area contributed by atoms with Gasteiger partial charge in [-0.05, 0) is 67.8 Å². The number of carbonyl (C=O) groups excluding carboxylic acids is 4. The Morgan fingerprint density at radius 3 is 2.25 bits per heavy atom. The second-order valence-corrected chi connectivity index (χ2v) is 11.7. The summed E-state index contributed by atoms with van der Waals surface area (Å²) in [5.74, 6) is 0.676. The van der Waals surface area contributed by atoms with Gasteiger partial charge in [0.1, 0.15) is 17.7 Å². The molecule has 0 fully saturated rings. The number of amides is 4. The van der Waals surface area contributed by atoms with Crippen molar-refractivity contribution in [1.82, 2.24) is 10.2 Å². The molecule has 0 saturated heterocycles. The summed E-state index contributed by atoms with van der Waals surface area (Å²) in [5.41, 5.74) is 6.34. The van der Waals surface area contributed by atoms with E-state index in [0.29, 0.717) is 23.2 Å². The van der Waals surface area contributed by atoms with Gasteiger partial charge in [0.25, 0.3) is 5.91 Å². The molecular formula is C35H42N4O5. The molecule has 232 valence electrons. The SMILES string of the molecule is C#Cc1ccc(C(C(=O)Nc2ccc3ccccc3c2)N(CCCCCC)C(=O)C(CC(N)=O)NC(=O)OC(C)(C)C)cc1. The Hall–Kier alpha value is -4.84. The van der Waals surface area contributed by atoms with E-state index in [-0.39, 0.29) is 6.54 Å². The second kappa shape index (κ2) is 15.6. The van der Waals surface area contributed by atoms with Crippen molar-refractivity contribution in [3.05, 3.63) is 77.9 Å². The lowest BCUT2D eigenvalue weighted by Crippen LogP contribution is -2.53. The van der Waals surface area contributed by atoms with Crippen molar-refractivity contribution in [2.45, 2.75) is 77.5 Å². The van der Waals surface area contributed by atoms with Crippen LogP contribution in [0.15, 0.2) is 66.7 Å². The van der Waals surface area contributed by atoms with E-state index in [9.17, 15) is 19.2 Å². The molecule has 44 heavy (non-hydrogen) atoms. The number of anilines is 1. The summed E-state index contributed by atoms with van der Waals surface area (Å²) >= 11 is 0. The first-order valence-electron chi connectivity index (χ1n) is 14.9. The summed E-state index contributed by atoms with van der Waals surface area (Å²) in [6, 6.07) is 17.7. The molecule has 0 aliphatic rings. The smallest absolute Gasteiger partial charge is 0.408 e. The number of benzene rings is 3. The highest BCUT2D eigenvalue weighted by Crippen LogP contribution is 2.27. The van der Waals surface area contributed by atoms with Crippen LogP contribution in [-0.4, -0.2) is 46.9 Å². The number of hydrogen-bond acceptors (Lipinski definition) is 5. The van der Waals surface area contributed by atoms with Crippen molar-refractivity contribution in [2.24, 2.45) is 5.73 Å². The standard InChI is InChI=1S/C35H42N4O5/c1-6-8-9-12-21-39(33(42)29(23-30(36)40)38-34(43)44-35(3,4)5)31(26-17-15-24(7-2)16-18-26)32(41)37-28-20-19-25-13-10-11-14-27(25)22-28/h2,10-11,13-20,22,29,31H,6,8-9,12,21,23H2,1,3-5H3,(H2,36,40)(H,37,41)(H,38,43). The van der Waals surface area contributed by atoms with Crippen LogP contribution < -0.4 is 16.4 Å². The summed E-state index contributed by atoms with van der Waals surface area (Å²) in [7, 11) is 0. The van der Waals surface area contributed by atoms with Crippen LogP contribution >= 0.6 is 0 Å². The maximum absolute atomic E-state index is 14.2. The second-order valence-electron chi connectivity index (χ2n) is 11.7. The summed E-state index contributed by atoms with van der Waals surface area (Å²) < 4.78 is 5.35. The zero-order chi connectivity index (χ0) is 32.3. The highest BCUT2D eigenvalue weighted by Gasteiger charge is 2.37. The molecule has 4 amide bonds. The molecule has 0 saturated carbocycles. The third-order valence-corrected chi connectivity index (χ3v) is 6.90. The average molecular weight is 599 g/mol. The maximum Gasteiger partial charge on any atom is 0.408 e. The predicted octanol–water partition coefficient (Wildman–Crippen LogP) is 5.68. The van der Waals surface area contributed by atoms with Gasteiger partial charge in [-0.1, -0.05) is 74.6 Å². The molecule has 0 spiro atoms.